The summed E-state index contributed by atoms with van der Waals surface area (Å²) in [5.74, 6) is -4.05. The second kappa shape index (κ2) is 39.3. The summed E-state index contributed by atoms with van der Waals surface area (Å²) >= 11 is 19.4. The van der Waals surface area contributed by atoms with Crippen LogP contribution in [-0.2, 0) is 109 Å². The summed E-state index contributed by atoms with van der Waals surface area (Å²) in [7, 11) is 0. The molecule has 2 saturated heterocycles. The molecule has 8 aromatic heterocycles. The van der Waals surface area contributed by atoms with Gasteiger partial charge in [-0.3, -0.25) is 38.6 Å². The molecule has 0 saturated carbocycles. The molecule has 1 aromatic carbocycles. The van der Waals surface area contributed by atoms with Gasteiger partial charge in [0.2, 0.25) is 10.9 Å². The first kappa shape index (κ1) is 84.2. The number of halogens is 1. The van der Waals surface area contributed by atoms with E-state index in [9.17, 15) is 43.2 Å². The van der Waals surface area contributed by atoms with Crippen molar-refractivity contribution in [1.29, 1.82) is 0 Å². The molecule has 5 N–H and O–H groups in total. The van der Waals surface area contributed by atoms with E-state index in [2.05, 4.69) is 47.0 Å². The third-order valence-corrected chi connectivity index (χ3v) is 17.5. The van der Waals surface area contributed by atoms with Gasteiger partial charge in [-0.2, -0.15) is 12.5 Å². The predicted octanol–water partition coefficient (Wildman–Crippen LogP) is 11.8. The Labute approximate surface area is 653 Å². The number of pyridine rings is 5. The molecule has 31 heteroatoms. The molecule has 11 rings (SSSR count). The number of ketones is 1. The number of carbonyl (C=O) groups is 6. The zero-order valence-electron chi connectivity index (χ0n) is 56.0. The second-order valence-electron chi connectivity index (χ2n) is 24.2. The number of fused-ring (bicyclic) bond motifs is 3. The van der Waals surface area contributed by atoms with Crippen LogP contribution in [-0.4, -0.2) is 144 Å². The van der Waals surface area contributed by atoms with Crippen LogP contribution < -0.4 is 21.6 Å². The number of morpholine rings is 2. The minimum absolute atomic E-state index is 0. The first-order valence-corrected chi connectivity index (χ1v) is 34.2. The number of carboxylic acids is 2. The van der Waals surface area contributed by atoms with Gasteiger partial charge in [-0.15, -0.1) is 40.1 Å². The molecule has 2 aliphatic rings. The van der Waals surface area contributed by atoms with Crippen molar-refractivity contribution in [2.24, 2.45) is 0 Å². The van der Waals surface area contributed by atoms with Crippen molar-refractivity contribution in [3.05, 3.63) is 215 Å². The number of carboxylic acid groups (broad SMARTS) is 2. The number of aromatic carboxylic acids is 2. The molecule has 0 bridgehead atoms. The summed E-state index contributed by atoms with van der Waals surface area (Å²) in [5, 5.41) is 26.8. The van der Waals surface area contributed by atoms with E-state index in [4.69, 9.17) is 65.2 Å². The largest absolute Gasteiger partial charge is 0.478 e. The van der Waals surface area contributed by atoms with Gasteiger partial charge in [0.15, 0.2) is 11.2 Å². The summed E-state index contributed by atoms with van der Waals surface area (Å²) < 4.78 is 21.6. The summed E-state index contributed by atoms with van der Waals surface area (Å²) in [5.41, 5.74) is 3.33. The first-order chi connectivity index (χ1) is 46.3. The number of H-pyrrole nitrogens is 2. The molecule has 522 valence electrons. The van der Waals surface area contributed by atoms with Crippen molar-refractivity contribution in [3.63, 3.8) is 0 Å². The molecule has 9 aromatic rings. The predicted molar refractivity (Wildman–Crippen MR) is 384 cm³/mol. The Morgan fingerprint density at radius 3 is 1.49 bits per heavy atom. The van der Waals surface area contributed by atoms with Crippen LogP contribution in [0.25, 0.3) is 30.6 Å². The minimum Gasteiger partial charge on any atom is -0.478 e. The maximum absolute atomic E-state index is 12.9. The molecule has 1 amide bonds. The van der Waals surface area contributed by atoms with Crippen LogP contribution in [0.3, 0.4) is 0 Å². The molecule has 0 atom stereocenters. The van der Waals surface area contributed by atoms with Crippen LogP contribution >= 0.6 is 70.0 Å². The van der Waals surface area contributed by atoms with Gasteiger partial charge >= 0.3 is 23.9 Å². The van der Waals surface area contributed by atoms with Crippen molar-refractivity contribution in [2.75, 3.05) is 52.6 Å². The number of aromatic amines is 2. The fourth-order valence-electron chi connectivity index (χ4n) is 9.22. The Kier molecular flexibility index (Phi) is 33.0. The number of hydrogen-bond acceptors (Lipinski definition) is 23. The normalized spacial score (nSPS) is 12.9. The molecular weight excluding hydrogens is 1550 g/mol. The van der Waals surface area contributed by atoms with E-state index in [1.54, 1.807) is 121 Å². The average Bonchev–Trinajstić information content (AvgIpc) is 0.804. The summed E-state index contributed by atoms with van der Waals surface area (Å²) in [6, 6.07) is 15.7. The number of Topliss-reactive ketones (excluding diaryl/α,β-unsaturated/α-hetero) is 1. The number of hydrogen-bond donors (Lipinski definition) is 5. The Morgan fingerprint density at radius 2 is 1.02 bits per heavy atom. The summed E-state index contributed by atoms with van der Waals surface area (Å²) in [6.07, 6.45) is 8.23. The Morgan fingerprint density at radius 1 is 0.600 bits per heavy atom. The topological polar surface area (TPSA) is 320 Å². The van der Waals surface area contributed by atoms with Crippen molar-refractivity contribution >= 4 is 136 Å². The summed E-state index contributed by atoms with van der Waals surface area (Å²) in [6.45, 7) is 25.9. The third kappa shape index (κ3) is 25.8. The van der Waals surface area contributed by atoms with E-state index >= 15 is 0 Å². The fraction of sp³-hybridized carbons (Fsp3) is 0.319. The van der Waals surface area contributed by atoms with E-state index in [-0.39, 0.29) is 121 Å². The first-order valence-electron chi connectivity index (χ1n) is 30.3. The number of ether oxygens (including phenoxy) is 4. The number of carbonyl (C=O) groups excluding carboxylic acids is 4. The maximum Gasteiger partial charge on any atom is 0.343 e. The van der Waals surface area contributed by atoms with Gasteiger partial charge in [-0.05, 0) is 120 Å². The average molecular weight is 1630 g/mol. The van der Waals surface area contributed by atoms with Crippen molar-refractivity contribution < 1.29 is 123 Å². The van der Waals surface area contributed by atoms with Gasteiger partial charge in [0.05, 0.1) is 53.9 Å². The number of benzene rings is 1. The summed E-state index contributed by atoms with van der Waals surface area (Å²) in [4.78, 5) is 131. The van der Waals surface area contributed by atoms with Gasteiger partial charge in [0.25, 0.3) is 5.91 Å². The number of esters is 2. The second-order valence-corrected chi connectivity index (χ2v) is 28.1. The number of nitrogens with zero attached hydrogens (tertiary/aromatic N) is 5. The number of rotatable bonds is 13. The van der Waals surface area contributed by atoms with Crippen LogP contribution in [0.2, 0.25) is 5.02 Å². The molecule has 10 heterocycles. The van der Waals surface area contributed by atoms with Gasteiger partial charge < -0.3 is 49.4 Å². The standard InChI is InChI=1S/C21H20ClN3O3S.C14H14N2O4S.C14H14NO3S.C13H17NO3S.C7H7NO2S.2Y/c22-16-3-1-14(2-4-16)10-23-20(27)18-13-29-21-17(19(18)26)9-15(11-24-21)12-25-5-7-28-8-6-25;17-12-10-5-9(7-16-1-3-20-4-2-16)6-15-13(10)21-8-11(12)14(18)19;1-8-5-9-11(16)10(7-19-12(9)15-6-8)13(17)18-14(2,3)4;1-8-5-9(12(18)14-7-8)10(15)6-11(16)17-13(2,3)4;1-4-2-5(7(9)10)6(11)8-3-4;;/h1-4,9,11,13H,5-8,10,12H2,(H,23,27);5-6,8H,1-4,7H2,(H,18,19);5-7H,1H2,2-4H3;5,7H,6H2,1-4H3,(H,14,18);2-3H,1H3,(H,8,11)(H,9,10);;/q;;-1;;;;. The van der Waals surface area contributed by atoms with Gasteiger partial charge in [0.1, 0.15) is 52.5 Å². The zero-order valence-corrected chi connectivity index (χ0v) is 66.5. The molecule has 0 unspecified atom stereocenters. The molecular formula is C69H72ClN8O15S5Y2-. The minimum atomic E-state index is -1.20. The molecule has 23 nitrogen and oxygen atoms in total. The third-order valence-electron chi connectivity index (χ3n) is 13.9. The SMILES string of the molecule is Cc1c[nH]c(=S)c(C(=O)CC(=O)OC(C)(C)C)c1.Cc1c[nH]c(=S)c(C(=O)O)c1.O=C(NCc1ccc(Cl)cc1)c1csc2ncc(CN3CCOCC3)cc2c1=O.O=C(O)c1csc2ncc(CN3CCOCC3)cc2c1=O.[CH2-]c1cnc2scc(C(=O)OC(C)(C)C)c(=O)c2c1.[Y].[Y]. The molecule has 2 fully saturated rings. The van der Waals surface area contributed by atoms with Crippen LogP contribution in [0, 0.1) is 30.1 Å². The van der Waals surface area contributed by atoms with Crippen molar-refractivity contribution in [1.82, 2.24) is 40.0 Å². The molecule has 0 spiro atoms. The van der Waals surface area contributed by atoms with Crippen LogP contribution in [0.15, 0.2) is 116 Å². The van der Waals surface area contributed by atoms with Crippen molar-refractivity contribution in [3.8, 4) is 0 Å². The maximum atomic E-state index is 12.9. The Hall–Kier alpha value is -6.47. The molecule has 100 heavy (non-hydrogen) atoms. The monoisotopic (exact) mass is 1630 g/mol. The Bertz CT molecular complexity index is 4740. The quantitative estimate of drug-likeness (QED) is 0.0235. The van der Waals surface area contributed by atoms with Gasteiger partial charge in [-0.25, -0.2) is 24.4 Å². The molecule has 0 aliphatic carbocycles. The number of amides is 1. The Balaban J connectivity index is 0.000000231. The van der Waals surface area contributed by atoms with E-state index in [0.717, 1.165) is 54.0 Å². The van der Waals surface area contributed by atoms with Gasteiger partial charge in [-0.1, -0.05) is 54.4 Å². The van der Waals surface area contributed by atoms with E-state index < -0.39 is 40.5 Å². The number of aryl methyl sites for hydroxylation is 2. The zero-order chi connectivity index (χ0) is 71.6. The van der Waals surface area contributed by atoms with Gasteiger partial charge in [0, 0.05) is 163 Å². The molecule has 2 radical (unpaired) electrons. The van der Waals surface area contributed by atoms with Crippen LogP contribution in [0.4, 0.5) is 0 Å². The van der Waals surface area contributed by atoms with Crippen LogP contribution in [0.1, 0.15) is 133 Å². The number of nitrogens with one attached hydrogen (secondary N) is 3. The fourth-order valence-corrected chi connectivity index (χ4v) is 12.3. The smallest absolute Gasteiger partial charge is 0.343 e. The van der Waals surface area contributed by atoms with E-state index in [1.807, 2.05) is 25.1 Å². The van der Waals surface area contributed by atoms with Crippen molar-refractivity contribution in [2.45, 2.75) is 92.6 Å². The van der Waals surface area contributed by atoms with Crippen LogP contribution in [0.5, 0.6) is 0 Å². The molecule has 2 aliphatic heterocycles. The van der Waals surface area contributed by atoms with E-state index in [0.29, 0.717) is 97.5 Å². The van der Waals surface area contributed by atoms with E-state index in [1.165, 1.54) is 44.8 Å². The number of aromatic nitrogens is 5.